The molecule has 0 bridgehead atoms. The maximum atomic E-state index is 12.6. The minimum atomic E-state index is -0.134. The topological polar surface area (TPSA) is 69.7 Å². The van der Waals surface area contributed by atoms with E-state index in [0.29, 0.717) is 38.0 Å². The molecule has 3 amide bonds. The number of carbonyl (C=O) groups is 3. The first-order chi connectivity index (χ1) is 13.2. The van der Waals surface area contributed by atoms with Crippen LogP contribution < -0.4 is 5.32 Å². The van der Waals surface area contributed by atoms with Crippen LogP contribution in [0.2, 0.25) is 0 Å². The van der Waals surface area contributed by atoms with Gasteiger partial charge in [-0.15, -0.1) is 0 Å². The second-order valence-corrected chi connectivity index (χ2v) is 8.06. The summed E-state index contributed by atoms with van der Waals surface area (Å²) in [5.41, 5.74) is 3.12. The molecule has 154 valence electrons. The minimum absolute atomic E-state index is 0.0282. The van der Waals surface area contributed by atoms with Gasteiger partial charge in [0.15, 0.2) is 0 Å². The van der Waals surface area contributed by atoms with Crippen molar-refractivity contribution in [3.8, 4) is 0 Å². The maximum Gasteiger partial charge on any atom is 0.224 e. The molecule has 1 N–H and O–H groups in total. The van der Waals surface area contributed by atoms with Crippen LogP contribution in [-0.4, -0.2) is 53.7 Å². The predicted octanol–water partition coefficient (Wildman–Crippen LogP) is 3.34. The van der Waals surface area contributed by atoms with E-state index in [2.05, 4.69) is 33.0 Å². The Bertz CT molecular complexity index is 693. The number of nitrogens with one attached hydrogen (secondary N) is 1. The molecular weight excluding hydrogens is 354 g/mol. The van der Waals surface area contributed by atoms with Gasteiger partial charge in [0, 0.05) is 51.6 Å². The maximum absolute atomic E-state index is 12.6. The molecule has 6 heteroatoms. The van der Waals surface area contributed by atoms with Gasteiger partial charge in [0.25, 0.3) is 0 Å². The van der Waals surface area contributed by atoms with Crippen molar-refractivity contribution in [2.45, 2.75) is 59.3 Å². The number of carbonyl (C=O) groups excluding carboxylic acids is 3. The Hall–Kier alpha value is -2.37. The number of rotatable bonds is 6. The fourth-order valence-corrected chi connectivity index (χ4v) is 3.55. The Morgan fingerprint density at radius 2 is 1.39 bits per heavy atom. The zero-order chi connectivity index (χ0) is 20.8. The first kappa shape index (κ1) is 21.9. The zero-order valence-corrected chi connectivity index (χ0v) is 17.7. The molecule has 0 saturated carbocycles. The van der Waals surface area contributed by atoms with Gasteiger partial charge in [-0.2, -0.15) is 0 Å². The van der Waals surface area contributed by atoms with Crippen LogP contribution in [0.1, 0.15) is 70.4 Å². The number of benzene rings is 1. The van der Waals surface area contributed by atoms with Crippen LogP contribution in [0.15, 0.2) is 18.2 Å². The van der Waals surface area contributed by atoms with Gasteiger partial charge >= 0.3 is 0 Å². The van der Waals surface area contributed by atoms with Gasteiger partial charge in [0.1, 0.15) is 0 Å². The quantitative estimate of drug-likeness (QED) is 0.814. The smallest absolute Gasteiger partial charge is 0.224 e. The number of anilines is 1. The largest absolute Gasteiger partial charge is 0.339 e. The minimum Gasteiger partial charge on any atom is -0.339 e. The number of amides is 3. The molecule has 2 rings (SSSR count). The van der Waals surface area contributed by atoms with Crippen molar-refractivity contribution < 1.29 is 14.4 Å². The molecule has 1 aliphatic heterocycles. The lowest BCUT2D eigenvalue weighted by Gasteiger charge is -2.34. The highest BCUT2D eigenvalue weighted by Gasteiger charge is 2.23. The van der Waals surface area contributed by atoms with Gasteiger partial charge in [0.2, 0.25) is 17.7 Å². The van der Waals surface area contributed by atoms with Crippen molar-refractivity contribution in [1.29, 1.82) is 0 Å². The molecule has 0 aromatic heterocycles. The summed E-state index contributed by atoms with van der Waals surface area (Å²) in [4.78, 5) is 39.9. The van der Waals surface area contributed by atoms with E-state index in [-0.39, 0.29) is 30.6 Å². The molecule has 1 aliphatic rings. The number of piperazine rings is 1. The molecule has 1 aromatic carbocycles. The zero-order valence-electron chi connectivity index (χ0n) is 17.7. The Morgan fingerprint density at radius 3 is 1.86 bits per heavy atom. The second-order valence-electron chi connectivity index (χ2n) is 8.06. The van der Waals surface area contributed by atoms with Crippen LogP contribution in [0.4, 0.5) is 5.69 Å². The van der Waals surface area contributed by atoms with Gasteiger partial charge < -0.3 is 15.1 Å². The van der Waals surface area contributed by atoms with E-state index in [1.807, 2.05) is 18.2 Å². The third kappa shape index (κ3) is 5.57. The third-order valence-electron chi connectivity index (χ3n) is 5.28. The Kier molecular flexibility index (Phi) is 7.61. The Labute approximate surface area is 168 Å². The van der Waals surface area contributed by atoms with Crippen LogP contribution >= 0.6 is 0 Å². The van der Waals surface area contributed by atoms with E-state index < -0.39 is 0 Å². The normalized spacial score (nSPS) is 14.5. The molecule has 1 heterocycles. The third-order valence-corrected chi connectivity index (χ3v) is 5.28. The predicted molar refractivity (Wildman–Crippen MR) is 111 cm³/mol. The highest BCUT2D eigenvalue weighted by Crippen LogP contribution is 2.32. The Balaban J connectivity index is 1.94. The highest BCUT2D eigenvalue weighted by molar-refractivity contribution is 5.94. The number of hydrogen-bond donors (Lipinski definition) is 1. The van der Waals surface area contributed by atoms with Crippen LogP contribution in [0.5, 0.6) is 0 Å². The number of nitrogens with zero attached hydrogens (tertiary/aromatic N) is 2. The second kappa shape index (κ2) is 9.71. The molecule has 1 fully saturated rings. The summed E-state index contributed by atoms with van der Waals surface area (Å²) in [7, 11) is 0. The SMILES string of the molecule is CC(=O)N1CCN(C(=O)CCC(=O)Nc2c(C(C)C)cccc2C(C)C)CC1. The number of para-hydroxylation sites is 1. The van der Waals surface area contributed by atoms with E-state index in [9.17, 15) is 14.4 Å². The van der Waals surface area contributed by atoms with Crippen molar-refractivity contribution in [2.24, 2.45) is 0 Å². The summed E-state index contributed by atoms with van der Waals surface area (Å²) in [5, 5.41) is 3.06. The van der Waals surface area contributed by atoms with Crippen LogP contribution in [0, 0.1) is 0 Å². The summed E-state index contributed by atoms with van der Waals surface area (Å²) in [5.74, 6) is 0.475. The van der Waals surface area contributed by atoms with E-state index in [0.717, 1.165) is 16.8 Å². The molecule has 1 saturated heterocycles. The Morgan fingerprint density at radius 1 is 0.893 bits per heavy atom. The van der Waals surface area contributed by atoms with E-state index in [1.54, 1.807) is 16.7 Å². The number of hydrogen-bond acceptors (Lipinski definition) is 3. The van der Waals surface area contributed by atoms with Crippen molar-refractivity contribution >= 4 is 23.4 Å². The van der Waals surface area contributed by atoms with Crippen molar-refractivity contribution in [2.75, 3.05) is 31.5 Å². The van der Waals surface area contributed by atoms with Gasteiger partial charge in [0.05, 0.1) is 0 Å². The van der Waals surface area contributed by atoms with Gasteiger partial charge in [-0.3, -0.25) is 14.4 Å². The van der Waals surface area contributed by atoms with E-state index in [1.165, 1.54) is 0 Å². The molecule has 0 radical (unpaired) electrons. The summed E-state index contributed by atoms with van der Waals surface area (Å²) in [6, 6.07) is 6.13. The molecule has 0 aliphatic carbocycles. The van der Waals surface area contributed by atoms with Crippen molar-refractivity contribution in [3.63, 3.8) is 0 Å². The van der Waals surface area contributed by atoms with E-state index in [4.69, 9.17) is 0 Å². The molecule has 0 unspecified atom stereocenters. The first-order valence-electron chi connectivity index (χ1n) is 10.2. The van der Waals surface area contributed by atoms with Gasteiger partial charge in [-0.05, 0) is 23.0 Å². The summed E-state index contributed by atoms with van der Waals surface area (Å²) in [6.07, 6.45) is 0.350. The molecule has 1 aromatic rings. The molecular formula is C22H33N3O3. The molecule has 0 atom stereocenters. The van der Waals surface area contributed by atoms with Crippen molar-refractivity contribution in [1.82, 2.24) is 9.80 Å². The fourth-order valence-electron chi connectivity index (χ4n) is 3.55. The average molecular weight is 388 g/mol. The summed E-state index contributed by atoms with van der Waals surface area (Å²) < 4.78 is 0. The van der Waals surface area contributed by atoms with Gasteiger partial charge in [-0.25, -0.2) is 0 Å². The van der Waals surface area contributed by atoms with Gasteiger partial charge in [-0.1, -0.05) is 45.9 Å². The highest BCUT2D eigenvalue weighted by atomic mass is 16.2. The first-order valence-corrected chi connectivity index (χ1v) is 10.2. The molecule has 0 spiro atoms. The van der Waals surface area contributed by atoms with Crippen LogP contribution in [0.25, 0.3) is 0 Å². The standard InChI is InChI=1S/C22H33N3O3/c1-15(2)18-7-6-8-19(16(3)4)22(18)23-20(27)9-10-21(28)25-13-11-24(12-14-25)17(5)26/h6-8,15-16H,9-14H2,1-5H3,(H,23,27). The van der Waals surface area contributed by atoms with Crippen LogP contribution in [0.3, 0.4) is 0 Å². The molecule has 28 heavy (non-hydrogen) atoms. The van der Waals surface area contributed by atoms with E-state index >= 15 is 0 Å². The summed E-state index contributed by atoms with van der Waals surface area (Å²) in [6.45, 7) is 12.2. The van der Waals surface area contributed by atoms with Crippen LogP contribution in [-0.2, 0) is 14.4 Å². The molecule has 6 nitrogen and oxygen atoms in total. The lowest BCUT2D eigenvalue weighted by Crippen LogP contribution is -2.50. The lowest BCUT2D eigenvalue weighted by atomic mass is 9.92. The van der Waals surface area contributed by atoms with Crippen molar-refractivity contribution in [3.05, 3.63) is 29.3 Å². The lowest BCUT2D eigenvalue weighted by molar-refractivity contribution is -0.138. The monoisotopic (exact) mass is 387 g/mol. The average Bonchev–Trinajstić information content (AvgIpc) is 2.65. The summed E-state index contributed by atoms with van der Waals surface area (Å²) >= 11 is 0. The fraction of sp³-hybridized carbons (Fsp3) is 0.591.